The quantitative estimate of drug-likeness (QED) is 0.904. The highest BCUT2D eigenvalue weighted by Crippen LogP contribution is 2.23. The third-order valence-corrected chi connectivity index (χ3v) is 2.66. The first-order valence-electron chi connectivity index (χ1n) is 5.45. The summed E-state index contributed by atoms with van der Waals surface area (Å²) in [6, 6.07) is 4.90. The number of benzene rings is 1. The Hall–Kier alpha value is -1.55. The van der Waals surface area contributed by atoms with Crippen LogP contribution < -0.4 is 5.32 Å². The van der Waals surface area contributed by atoms with Gasteiger partial charge in [0.1, 0.15) is 0 Å². The van der Waals surface area contributed by atoms with E-state index in [1.807, 2.05) is 0 Å². The Morgan fingerprint density at radius 2 is 2.29 bits per heavy atom. The summed E-state index contributed by atoms with van der Waals surface area (Å²) >= 11 is 5.76. The topological polar surface area (TPSA) is 29.9 Å². The zero-order valence-corrected chi connectivity index (χ0v) is 10.2. The van der Waals surface area contributed by atoms with Gasteiger partial charge in [0, 0.05) is 18.9 Å². The van der Waals surface area contributed by atoms with E-state index in [1.165, 1.54) is 6.07 Å². The van der Waals surface area contributed by atoms with Gasteiger partial charge in [-0.15, -0.1) is 0 Å². The van der Waals surface area contributed by atoms with E-state index < -0.39 is 5.82 Å². The molecule has 1 aromatic heterocycles. The van der Waals surface area contributed by atoms with Gasteiger partial charge in [0.05, 0.1) is 10.7 Å². The van der Waals surface area contributed by atoms with Crippen molar-refractivity contribution in [3.63, 3.8) is 0 Å². The van der Waals surface area contributed by atoms with Gasteiger partial charge < -0.3 is 5.32 Å². The first-order chi connectivity index (χ1) is 8.24. The summed E-state index contributed by atoms with van der Waals surface area (Å²) in [6.07, 6.45) is 4.30. The van der Waals surface area contributed by atoms with Gasteiger partial charge in [-0.3, -0.25) is 4.57 Å². The standard InChI is InChI=1S/C12H13ClFN3/c1-2-6-15-12-16-7-8-17(12)10-5-3-4-9(13)11(10)14/h3-5,7-8H,2,6H2,1H3,(H,15,16). The summed E-state index contributed by atoms with van der Waals surface area (Å²) in [5.74, 6) is 0.180. The Labute approximate surface area is 104 Å². The molecule has 1 aromatic carbocycles. The highest BCUT2D eigenvalue weighted by Gasteiger charge is 2.11. The second-order valence-corrected chi connectivity index (χ2v) is 4.03. The number of imidazole rings is 1. The van der Waals surface area contributed by atoms with E-state index in [9.17, 15) is 4.39 Å². The van der Waals surface area contributed by atoms with Crippen molar-refractivity contribution in [1.29, 1.82) is 0 Å². The zero-order valence-electron chi connectivity index (χ0n) is 9.45. The minimum Gasteiger partial charge on any atom is -0.355 e. The zero-order chi connectivity index (χ0) is 12.3. The lowest BCUT2D eigenvalue weighted by Gasteiger charge is -2.10. The minimum absolute atomic E-state index is 0.109. The lowest BCUT2D eigenvalue weighted by molar-refractivity contribution is 0.619. The average molecular weight is 254 g/mol. The molecule has 3 nitrogen and oxygen atoms in total. The summed E-state index contributed by atoms with van der Waals surface area (Å²) in [7, 11) is 0. The molecular formula is C12H13ClFN3. The van der Waals surface area contributed by atoms with Crippen molar-refractivity contribution < 1.29 is 4.39 Å². The second-order valence-electron chi connectivity index (χ2n) is 3.62. The molecular weight excluding hydrogens is 241 g/mol. The van der Waals surface area contributed by atoms with Crippen molar-refractivity contribution in [2.75, 3.05) is 11.9 Å². The van der Waals surface area contributed by atoms with Crippen molar-refractivity contribution in [3.8, 4) is 5.69 Å². The highest BCUT2D eigenvalue weighted by molar-refractivity contribution is 6.30. The maximum Gasteiger partial charge on any atom is 0.207 e. The van der Waals surface area contributed by atoms with Gasteiger partial charge in [-0.1, -0.05) is 24.6 Å². The van der Waals surface area contributed by atoms with Gasteiger partial charge >= 0.3 is 0 Å². The maximum atomic E-state index is 13.9. The molecule has 0 aliphatic rings. The SMILES string of the molecule is CCCNc1nccn1-c1cccc(Cl)c1F. The van der Waals surface area contributed by atoms with E-state index in [-0.39, 0.29) is 5.02 Å². The number of anilines is 1. The minimum atomic E-state index is -0.438. The van der Waals surface area contributed by atoms with Crippen LogP contribution in [0.5, 0.6) is 0 Å². The number of aromatic nitrogens is 2. The lowest BCUT2D eigenvalue weighted by atomic mass is 10.3. The molecule has 0 unspecified atom stereocenters. The van der Waals surface area contributed by atoms with Gasteiger partial charge in [-0.05, 0) is 18.6 Å². The monoisotopic (exact) mass is 253 g/mol. The molecule has 5 heteroatoms. The number of hydrogen-bond donors (Lipinski definition) is 1. The van der Waals surface area contributed by atoms with Crippen LogP contribution >= 0.6 is 11.6 Å². The number of rotatable bonds is 4. The average Bonchev–Trinajstić information content (AvgIpc) is 2.78. The van der Waals surface area contributed by atoms with Crippen molar-refractivity contribution in [2.24, 2.45) is 0 Å². The Balaban J connectivity index is 2.39. The van der Waals surface area contributed by atoms with Crippen LogP contribution in [0, 0.1) is 5.82 Å². The Morgan fingerprint density at radius 1 is 1.47 bits per heavy atom. The first-order valence-corrected chi connectivity index (χ1v) is 5.83. The van der Waals surface area contributed by atoms with Crippen molar-refractivity contribution in [1.82, 2.24) is 9.55 Å². The number of hydrogen-bond acceptors (Lipinski definition) is 2. The molecule has 17 heavy (non-hydrogen) atoms. The molecule has 0 amide bonds. The first kappa shape index (κ1) is 11.9. The molecule has 2 rings (SSSR count). The summed E-state index contributed by atoms with van der Waals surface area (Å²) in [4.78, 5) is 4.14. The fourth-order valence-electron chi connectivity index (χ4n) is 1.54. The lowest BCUT2D eigenvalue weighted by Crippen LogP contribution is -2.07. The molecule has 0 bridgehead atoms. The van der Waals surface area contributed by atoms with Crippen LogP contribution in [0.25, 0.3) is 5.69 Å². The van der Waals surface area contributed by atoms with Crippen LogP contribution in [0.15, 0.2) is 30.6 Å². The summed E-state index contributed by atoms with van der Waals surface area (Å²) < 4.78 is 15.5. The molecule has 2 aromatic rings. The molecule has 1 N–H and O–H groups in total. The van der Waals surface area contributed by atoms with Crippen LogP contribution in [-0.2, 0) is 0 Å². The number of halogens is 2. The normalized spacial score (nSPS) is 10.5. The number of nitrogens with zero attached hydrogens (tertiary/aromatic N) is 2. The van der Waals surface area contributed by atoms with Crippen LogP contribution in [0.4, 0.5) is 10.3 Å². The van der Waals surface area contributed by atoms with Crippen molar-refractivity contribution in [2.45, 2.75) is 13.3 Å². The van der Waals surface area contributed by atoms with Gasteiger partial charge in [-0.2, -0.15) is 0 Å². The third-order valence-electron chi connectivity index (χ3n) is 2.36. The van der Waals surface area contributed by atoms with Crippen LogP contribution in [0.3, 0.4) is 0 Å². The van der Waals surface area contributed by atoms with Crippen LogP contribution in [-0.4, -0.2) is 16.1 Å². The smallest absolute Gasteiger partial charge is 0.207 e. The van der Waals surface area contributed by atoms with Crippen molar-refractivity contribution in [3.05, 3.63) is 41.4 Å². The van der Waals surface area contributed by atoms with Crippen LogP contribution in [0.1, 0.15) is 13.3 Å². The van der Waals surface area contributed by atoms with E-state index in [0.29, 0.717) is 11.6 Å². The molecule has 1 heterocycles. The van der Waals surface area contributed by atoms with E-state index in [1.54, 1.807) is 29.1 Å². The summed E-state index contributed by atoms with van der Waals surface area (Å²) in [5.41, 5.74) is 0.397. The molecule has 0 fully saturated rings. The second kappa shape index (κ2) is 5.19. The maximum absolute atomic E-state index is 13.9. The van der Waals surface area contributed by atoms with Crippen molar-refractivity contribution >= 4 is 17.5 Å². The van der Waals surface area contributed by atoms with Gasteiger partial charge in [0.15, 0.2) is 5.82 Å². The Kier molecular flexibility index (Phi) is 3.64. The largest absolute Gasteiger partial charge is 0.355 e. The predicted molar refractivity (Wildman–Crippen MR) is 67.3 cm³/mol. The highest BCUT2D eigenvalue weighted by atomic mass is 35.5. The third kappa shape index (κ3) is 2.42. The van der Waals surface area contributed by atoms with E-state index in [0.717, 1.165) is 13.0 Å². The molecule has 0 aliphatic carbocycles. The molecule has 0 spiro atoms. The molecule has 0 radical (unpaired) electrons. The Bertz CT molecular complexity index is 510. The number of nitrogens with one attached hydrogen (secondary N) is 1. The van der Waals surface area contributed by atoms with E-state index in [4.69, 9.17) is 11.6 Å². The molecule has 0 saturated carbocycles. The fraction of sp³-hybridized carbons (Fsp3) is 0.250. The van der Waals surface area contributed by atoms with Gasteiger partial charge in [0.2, 0.25) is 5.95 Å². The summed E-state index contributed by atoms with van der Waals surface area (Å²) in [5, 5.41) is 3.24. The summed E-state index contributed by atoms with van der Waals surface area (Å²) in [6.45, 7) is 2.85. The molecule has 90 valence electrons. The van der Waals surface area contributed by atoms with Gasteiger partial charge in [0.25, 0.3) is 0 Å². The van der Waals surface area contributed by atoms with E-state index in [2.05, 4.69) is 17.2 Å². The molecule has 0 atom stereocenters. The fourth-order valence-corrected chi connectivity index (χ4v) is 1.71. The Morgan fingerprint density at radius 3 is 3.06 bits per heavy atom. The van der Waals surface area contributed by atoms with Gasteiger partial charge in [-0.25, -0.2) is 9.37 Å². The van der Waals surface area contributed by atoms with Crippen LogP contribution in [0.2, 0.25) is 5.02 Å². The predicted octanol–water partition coefficient (Wildman–Crippen LogP) is 3.49. The van der Waals surface area contributed by atoms with E-state index >= 15 is 0 Å². The molecule has 0 saturated heterocycles. The molecule has 0 aliphatic heterocycles.